The van der Waals surface area contributed by atoms with Crippen molar-refractivity contribution < 1.29 is 9.59 Å². The Balaban J connectivity index is 2.30. The van der Waals surface area contributed by atoms with Crippen molar-refractivity contribution in [3.63, 3.8) is 0 Å². The first kappa shape index (κ1) is 17.0. The number of nitrogens with one attached hydrogen (secondary N) is 1. The Kier molecular flexibility index (Phi) is 7.59. The molecule has 0 aromatic heterocycles. The van der Waals surface area contributed by atoms with Crippen LogP contribution in [0.5, 0.6) is 0 Å². The number of nitrogens with zero attached hydrogens (tertiary/aromatic N) is 1. The molecule has 0 bridgehead atoms. The maximum Gasteiger partial charge on any atom is 0.239 e. The largest absolute Gasteiger partial charge is 0.355 e. The number of likely N-dealkylation sites (N-methyl/N-ethyl adjacent to an activating group) is 2. The Morgan fingerprint density at radius 3 is 2.40 bits per heavy atom. The Labute approximate surface area is 122 Å². The molecule has 0 aromatic carbocycles. The van der Waals surface area contributed by atoms with Gasteiger partial charge in [-0.15, -0.1) is 0 Å². The fourth-order valence-electron chi connectivity index (χ4n) is 2.77. The van der Waals surface area contributed by atoms with Crippen LogP contribution >= 0.6 is 0 Å². The number of carbonyl (C=O) groups is 2. The van der Waals surface area contributed by atoms with Gasteiger partial charge >= 0.3 is 0 Å². The quantitative estimate of drug-likeness (QED) is 0.739. The molecule has 1 saturated carbocycles. The molecular formula is C15H29N3O2. The van der Waals surface area contributed by atoms with Gasteiger partial charge in [-0.25, -0.2) is 0 Å². The molecule has 20 heavy (non-hydrogen) atoms. The number of hydrogen-bond acceptors (Lipinski definition) is 3. The van der Waals surface area contributed by atoms with Gasteiger partial charge < -0.3 is 16.0 Å². The highest BCUT2D eigenvalue weighted by atomic mass is 16.2. The molecule has 0 unspecified atom stereocenters. The lowest BCUT2D eigenvalue weighted by Gasteiger charge is -2.27. The number of hydrogen-bond donors (Lipinski definition) is 2. The molecule has 0 aliphatic heterocycles. The van der Waals surface area contributed by atoms with E-state index < -0.39 is 0 Å². The summed E-state index contributed by atoms with van der Waals surface area (Å²) in [6, 6.07) is 0.354. The predicted octanol–water partition coefficient (Wildman–Crippen LogP) is 1.27. The van der Waals surface area contributed by atoms with Crippen LogP contribution in [0.2, 0.25) is 0 Å². The summed E-state index contributed by atoms with van der Waals surface area (Å²) >= 11 is 0. The zero-order valence-corrected chi connectivity index (χ0v) is 12.9. The SMILES string of the molecule is CCNC(=O)CN(CC)C(=O)CCC1CCC(N)CC1. The number of rotatable bonds is 7. The van der Waals surface area contributed by atoms with Crippen molar-refractivity contribution >= 4 is 11.8 Å². The maximum absolute atomic E-state index is 12.1. The van der Waals surface area contributed by atoms with Crippen LogP contribution in [0.15, 0.2) is 0 Å². The minimum absolute atomic E-state index is 0.0775. The molecule has 0 spiro atoms. The van der Waals surface area contributed by atoms with Gasteiger partial charge in [-0.1, -0.05) is 0 Å². The summed E-state index contributed by atoms with van der Waals surface area (Å²) in [5.74, 6) is 0.641. The van der Waals surface area contributed by atoms with Crippen molar-refractivity contribution in [2.75, 3.05) is 19.6 Å². The third-order valence-corrected chi connectivity index (χ3v) is 4.10. The Hall–Kier alpha value is -1.10. The van der Waals surface area contributed by atoms with Gasteiger partial charge in [-0.3, -0.25) is 9.59 Å². The second-order valence-corrected chi connectivity index (χ2v) is 5.68. The first-order chi connectivity index (χ1) is 9.56. The fourth-order valence-corrected chi connectivity index (χ4v) is 2.77. The van der Waals surface area contributed by atoms with Crippen molar-refractivity contribution in [1.29, 1.82) is 0 Å². The third kappa shape index (κ3) is 5.90. The number of amides is 2. The van der Waals surface area contributed by atoms with E-state index in [2.05, 4.69) is 5.32 Å². The fraction of sp³-hybridized carbons (Fsp3) is 0.867. The maximum atomic E-state index is 12.1. The lowest BCUT2D eigenvalue weighted by atomic mass is 9.84. The van der Waals surface area contributed by atoms with Crippen LogP contribution in [-0.4, -0.2) is 42.4 Å². The summed E-state index contributed by atoms with van der Waals surface area (Å²) < 4.78 is 0. The second kappa shape index (κ2) is 8.95. The summed E-state index contributed by atoms with van der Waals surface area (Å²) in [6.07, 6.45) is 5.91. The molecule has 0 atom stereocenters. The van der Waals surface area contributed by atoms with E-state index in [1.165, 1.54) is 0 Å². The first-order valence-electron chi connectivity index (χ1n) is 7.86. The van der Waals surface area contributed by atoms with Crippen molar-refractivity contribution in [2.45, 2.75) is 58.4 Å². The Morgan fingerprint density at radius 2 is 1.85 bits per heavy atom. The van der Waals surface area contributed by atoms with Crippen LogP contribution < -0.4 is 11.1 Å². The molecule has 116 valence electrons. The highest BCUT2D eigenvalue weighted by Gasteiger charge is 2.21. The second-order valence-electron chi connectivity index (χ2n) is 5.68. The molecule has 5 heteroatoms. The number of nitrogens with two attached hydrogens (primary N) is 1. The predicted molar refractivity (Wildman–Crippen MR) is 80.1 cm³/mol. The highest BCUT2D eigenvalue weighted by molar-refractivity contribution is 5.84. The zero-order valence-electron chi connectivity index (χ0n) is 12.9. The van der Waals surface area contributed by atoms with E-state index in [0.717, 1.165) is 32.1 Å². The van der Waals surface area contributed by atoms with Crippen molar-refractivity contribution in [2.24, 2.45) is 11.7 Å². The molecule has 5 nitrogen and oxygen atoms in total. The van der Waals surface area contributed by atoms with Crippen LogP contribution in [-0.2, 0) is 9.59 Å². The average Bonchev–Trinajstić information content (AvgIpc) is 2.44. The van der Waals surface area contributed by atoms with Gasteiger partial charge in [0, 0.05) is 25.6 Å². The Bertz CT molecular complexity index is 312. The topological polar surface area (TPSA) is 75.4 Å². The van der Waals surface area contributed by atoms with Gasteiger partial charge in [0.15, 0.2) is 0 Å². The minimum atomic E-state index is -0.0775. The molecule has 0 saturated heterocycles. The van der Waals surface area contributed by atoms with E-state index in [4.69, 9.17) is 5.73 Å². The lowest BCUT2D eigenvalue weighted by Crippen LogP contribution is -2.40. The molecule has 1 fully saturated rings. The van der Waals surface area contributed by atoms with E-state index in [0.29, 0.717) is 31.5 Å². The zero-order chi connectivity index (χ0) is 15.0. The normalized spacial score (nSPS) is 22.4. The molecule has 3 N–H and O–H groups in total. The van der Waals surface area contributed by atoms with Crippen molar-refractivity contribution in [1.82, 2.24) is 10.2 Å². The molecule has 0 aromatic rings. The molecule has 1 aliphatic rings. The summed E-state index contributed by atoms with van der Waals surface area (Å²) in [5.41, 5.74) is 5.89. The van der Waals surface area contributed by atoms with Gasteiger partial charge in [-0.05, 0) is 51.9 Å². The van der Waals surface area contributed by atoms with E-state index in [-0.39, 0.29) is 18.4 Å². The van der Waals surface area contributed by atoms with Gasteiger partial charge in [0.1, 0.15) is 0 Å². The summed E-state index contributed by atoms with van der Waals surface area (Å²) in [6.45, 7) is 5.16. The lowest BCUT2D eigenvalue weighted by molar-refractivity contribution is -0.136. The molecule has 0 heterocycles. The van der Waals surface area contributed by atoms with Gasteiger partial charge in [-0.2, -0.15) is 0 Å². The standard InChI is InChI=1S/C15H29N3O2/c1-3-17-14(19)11-18(4-2)15(20)10-7-12-5-8-13(16)9-6-12/h12-13H,3-11,16H2,1-2H3,(H,17,19). The smallest absolute Gasteiger partial charge is 0.239 e. The van der Waals surface area contributed by atoms with Crippen molar-refractivity contribution in [3.05, 3.63) is 0 Å². The van der Waals surface area contributed by atoms with E-state index in [9.17, 15) is 9.59 Å². The average molecular weight is 283 g/mol. The van der Waals surface area contributed by atoms with Crippen molar-refractivity contribution in [3.8, 4) is 0 Å². The molecule has 1 rings (SSSR count). The summed E-state index contributed by atoms with van der Waals surface area (Å²) in [7, 11) is 0. The highest BCUT2D eigenvalue weighted by Crippen LogP contribution is 2.27. The third-order valence-electron chi connectivity index (χ3n) is 4.10. The molecule has 1 aliphatic carbocycles. The Morgan fingerprint density at radius 1 is 1.20 bits per heavy atom. The summed E-state index contributed by atoms with van der Waals surface area (Å²) in [4.78, 5) is 25.3. The number of carbonyl (C=O) groups excluding carboxylic acids is 2. The van der Waals surface area contributed by atoms with Crippen LogP contribution in [0.25, 0.3) is 0 Å². The molecule has 0 radical (unpaired) electrons. The van der Waals surface area contributed by atoms with Gasteiger partial charge in [0.25, 0.3) is 0 Å². The molecular weight excluding hydrogens is 254 g/mol. The van der Waals surface area contributed by atoms with Crippen LogP contribution in [0.3, 0.4) is 0 Å². The van der Waals surface area contributed by atoms with Crippen LogP contribution in [0, 0.1) is 5.92 Å². The first-order valence-corrected chi connectivity index (χ1v) is 7.86. The monoisotopic (exact) mass is 283 g/mol. The van der Waals surface area contributed by atoms with E-state index >= 15 is 0 Å². The van der Waals surface area contributed by atoms with Gasteiger partial charge in [0.2, 0.25) is 11.8 Å². The van der Waals surface area contributed by atoms with E-state index in [1.54, 1.807) is 4.90 Å². The summed E-state index contributed by atoms with van der Waals surface area (Å²) in [5, 5.41) is 2.73. The van der Waals surface area contributed by atoms with E-state index in [1.807, 2.05) is 13.8 Å². The van der Waals surface area contributed by atoms with Gasteiger partial charge in [0.05, 0.1) is 6.54 Å². The van der Waals surface area contributed by atoms with Crippen LogP contribution in [0.4, 0.5) is 0 Å². The minimum Gasteiger partial charge on any atom is -0.355 e. The van der Waals surface area contributed by atoms with Crippen LogP contribution in [0.1, 0.15) is 52.4 Å². The molecule has 2 amide bonds.